The van der Waals surface area contributed by atoms with E-state index in [0.29, 0.717) is 18.0 Å². The van der Waals surface area contributed by atoms with Crippen LogP contribution in [0.15, 0.2) is 36.0 Å². The van der Waals surface area contributed by atoms with Gasteiger partial charge in [-0.1, -0.05) is 0 Å². The zero-order valence-corrected chi connectivity index (χ0v) is 9.71. The van der Waals surface area contributed by atoms with Gasteiger partial charge in [-0.15, -0.1) is 0 Å². The summed E-state index contributed by atoms with van der Waals surface area (Å²) in [5.41, 5.74) is -0.165. The molecule has 0 aromatic heterocycles. The fourth-order valence-electron chi connectivity index (χ4n) is 1.18. The number of nitrogens with one attached hydrogen (secondary N) is 1. The van der Waals surface area contributed by atoms with E-state index in [9.17, 15) is 9.59 Å². The second-order valence-electron chi connectivity index (χ2n) is 3.27. The molecule has 0 aliphatic heterocycles. The SMILES string of the molecule is CCOc1ccc(NC=C(C(=O)O)C(=O)O)cc1. The predicted molar refractivity (Wildman–Crippen MR) is 64.6 cm³/mol. The smallest absolute Gasteiger partial charge is 0.344 e. The quantitative estimate of drug-likeness (QED) is 0.403. The van der Waals surface area contributed by atoms with E-state index in [1.165, 1.54) is 0 Å². The van der Waals surface area contributed by atoms with Gasteiger partial charge >= 0.3 is 11.9 Å². The van der Waals surface area contributed by atoms with E-state index in [0.717, 1.165) is 6.20 Å². The summed E-state index contributed by atoms with van der Waals surface area (Å²) in [5, 5.41) is 19.9. The number of rotatable bonds is 6. The van der Waals surface area contributed by atoms with Crippen LogP contribution < -0.4 is 10.1 Å². The predicted octanol–water partition coefficient (Wildman–Crippen LogP) is 1.55. The average molecular weight is 251 g/mol. The summed E-state index contributed by atoms with van der Waals surface area (Å²) < 4.78 is 5.23. The molecule has 0 aliphatic rings. The monoisotopic (exact) mass is 251 g/mol. The van der Waals surface area contributed by atoms with Gasteiger partial charge in [-0.25, -0.2) is 9.59 Å². The highest BCUT2D eigenvalue weighted by Gasteiger charge is 2.15. The van der Waals surface area contributed by atoms with Crippen LogP contribution in [-0.4, -0.2) is 28.8 Å². The number of carboxylic acids is 2. The van der Waals surface area contributed by atoms with Crippen molar-refractivity contribution in [1.29, 1.82) is 0 Å². The van der Waals surface area contributed by atoms with E-state index in [1.807, 2.05) is 6.92 Å². The number of ether oxygens (including phenoxy) is 1. The molecule has 0 aliphatic carbocycles. The number of anilines is 1. The highest BCUT2D eigenvalue weighted by molar-refractivity contribution is 6.12. The highest BCUT2D eigenvalue weighted by Crippen LogP contribution is 2.15. The molecule has 0 bridgehead atoms. The van der Waals surface area contributed by atoms with Gasteiger partial charge in [-0.3, -0.25) is 0 Å². The van der Waals surface area contributed by atoms with Crippen molar-refractivity contribution in [3.8, 4) is 5.75 Å². The van der Waals surface area contributed by atoms with Crippen LogP contribution in [0.3, 0.4) is 0 Å². The first kappa shape index (κ1) is 13.6. The van der Waals surface area contributed by atoms with Crippen LogP contribution >= 0.6 is 0 Å². The summed E-state index contributed by atoms with van der Waals surface area (Å²) in [7, 11) is 0. The number of carbonyl (C=O) groups is 2. The Kier molecular flexibility index (Phi) is 4.74. The van der Waals surface area contributed by atoms with Gasteiger partial charge in [0, 0.05) is 11.9 Å². The molecule has 18 heavy (non-hydrogen) atoms. The van der Waals surface area contributed by atoms with Crippen LogP contribution in [0.1, 0.15) is 6.92 Å². The summed E-state index contributed by atoms with van der Waals surface area (Å²) in [5.74, 6) is -2.31. The molecular weight excluding hydrogens is 238 g/mol. The van der Waals surface area contributed by atoms with Gasteiger partial charge in [0.2, 0.25) is 0 Å². The molecule has 6 heteroatoms. The molecular formula is C12H13NO5. The fourth-order valence-corrected chi connectivity index (χ4v) is 1.18. The van der Waals surface area contributed by atoms with Crippen molar-refractivity contribution in [2.45, 2.75) is 6.92 Å². The lowest BCUT2D eigenvalue weighted by Crippen LogP contribution is -2.12. The Morgan fingerprint density at radius 1 is 1.22 bits per heavy atom. The normalized spacial score (nSPS) is 9.39. The molecule has 0 unspecified atom stereocenters. The van der Waals surface area contributed by atoms with Crippen LogP contribution in [0.2, 0.25) is 0 Å². The standard InChI is InChI=1S/C12H13NO5/c1-2-18-9-5-3-8(4-6-9)13-7-10(11(14)15)12(16)17/h3-7,13H,2H2,1H3,(H,14,15)(H,16,17). The summed E-state index contributed by atoms with van der Waals surface area (Å²) in [6.07, 6.45) is 0.931. The fraction of sp³-hybridized carbons (Fsp3) is 0.167. The van der Waals surface area contributed by atoms with Crippen LogP contribution in [0.4, 0.5) is 5.69 Å². The van der Waals surface area contributed by atoms with Gasteiger partial charge in [0.15, 0.2) is 5.57 Å². The summed E-state index contributed by atoms with van der Waals surface area (Å²) in [6.45, 7) is 2.41. The Bertz CT molecular complexity index is 448. The minimum atomic E-state index is -1.50. The number of benzene rings is 1. The van der Waals surface area contributed by atoms with Crippen molar-refractivity contribution in [3.63, 3.8) is 0 Å². The minimum absolute atomic E-state index is 0.550. The Labute approximate surface area is 104 Å². The zero-order chi connectivity index (χ0) is 13.5. The first-order valence-electron chi connectivity index (χ1n) is 5.20. The molecule has 0 atom stereocenters. The van der Waals surface area contributed by atoms with Crippen LogP contribution in [0.25, 0.3) is 0 Å². The van der Waals surface area contributed by atoms with Gasteiger partial charge < -0.3 is 20.3 Å². The van der Waals surface area contributed by atoms with Crippen molar-refractivity contribution in [1.82, 2.24) is 0 Å². The summed E-state index contributed by atoms with van der Waals surface area (Å²) in [4.78, 5) is 21.2. The van der Waals surface area contributed by atoms with Gasteiger partial charge in [0.1, 0.15) is 5.75 Å². The Balaban J connectivity index is 2.75. The minimum Gasteiger partial charge on any atom is -0.494 e. The van der Waals surface area contributed by atoms with E-state index in [4.69, 9.17) is 14.9 Å². The maximum absolute atomic E-state index is 10.6. The van der Waals surface area contributed by atoms with E-state index in [-0.39, 0.29) is 0 Å². The number of carboxylic acid groups (broad SMARTS) is 2. The second kappa shape index (κ2) is 6.29. The third kappa shape index (κ3) is 3.82. The Morgan fingerprint density at radius 2 is 1.78 bits per heavy atom. The van der Waals surface area contributed by atoms with Crippen molar-refractivity contribution in [2.75, 3.05) is 11.9 Å². The van der Waals surface area contributed by atoms with Crippen LogP contribution in [0, 0.1) is 0 Å². The maximum atomic E-state index is 10.6. The third-order valence-corrected chi connectivity index (χ3v) is 2.01. The van der Waals surface area contributed by atoms with Gasteiger partial charge in [-0.05, 0) is 31.2 Å². The number of hydrogen-bond donors (Lipinski definition) is 3. The third-order valence-electron chi connectivity index (χ3n) is 2.01. The first-order chi connectivity index (χ1) is 8.54. The lowest BCUT2D eigenvalue weighted by molar-refractivity contribution is -0.140. The number of aliphatic carboxylic acids is 2. The molecule has 6 nitrogen and oxygen atoms in total. The largest absolute Gasteiger partial charge is 0.494 e. The van der Waals surface area contributed by atoms with Crippen LogP contribution in [-0.2, 0) is 9.59 Å². The van der Waals surface area contributed by atoms with Gasteiger partial charge in [0.25, 0.3) is 0 Å². The molecule has 0 radical (unpaired) electrons. The molecule has 96 valence electrons. The highest BCUT2D eigenvalue weighted by atomic mass is 16.5. The van der Waals surface area contributed by atoms with E-state index in [2.05, 4.69) is 5.32 Å². The molecule has 0 amide bonds. The van der Waals surface area contributed by atoms with Crippen molar-refractivity contribution < 1.29 is 24.5 Å². The summed E-state index contributed by atoms with van der Waals surface area (Å²) in [6, 6.07) is 6.70. The lowest BCUT2D eigenvalue weighted by atomic mass is 10.2. The van der Waals surface area contributed by atoms with E-state index in [1.54, 1.807) is 24.3 Å². The van der Waals surface area contributed by atoms with E-state index < -0.39 is 17.5 Å². The molecule has 0 fully saturated rings. The molecule has 1 rings (SSSR count). The average Bonchev–Trinajstić information content (AvgIpc) is 2.31. The number of hydrogen-bond acceptors (Lipinski definition) is 4. The van der Waals surface area contributed by atoms with Crippen molar-refractivity contribution in [2.24, 2.45) is 0 Å². The maximum Gasteiger partial charge on any atom is 0.344 e. The molecule has 3 N–H and O–H groups in total. The lowest BCUT2D eigenvalue weighted by Gasteiger charge is -2.05. The Hall–Kier alpha value is -2.50. The van der Waals surface area contributed by atoms with Gasteiger partial charge in [0.05, 0.1) is 6.61 Å². The van der Waals surface area contributed by atoms with Crippen molar-refractivity contribution in [3.05, 3.63) is 36.0 Å². The molecule has 0 saturated carbocycles. The molecule has 0 saturated heterocycles. The molecule has 0 spiro atoms. The first-order valence-corrected chi connectivity index (χ1v) is 5.20. The molecule has 0 heterocycles. The van der Waals surface area contributed by atoms with E-state index >= 15 is 0 Å². The topological polar surface area (TPSA) is 95.9 Å². The van der Waals surface area contributed by atoms with Crippen molar-refractivity contribution >= 4 is 17.6 Å². The molecule has 1 aromatic rings. The zero-order valence-electron chi connectivity index (χ0n) is 9.71. The molecule has 1 aromatic carbocycles. The second-order valence-corrected chi connectivity index (χ2v) is 3.27. The summed E-state index contributed by atoms with van der Waals surface area (Å²) >= 11 is 0. The van der Waals surface area contributed by atoms with Crippen LogP contribution in [0.5, 0.6) is 5.75 Å². The van der Waals surface area contributed by atoms with Gasteiger partial charge in [-0.2, -0.15) is 0 Å². The Morgan fingerprint density at radius 3 is 2.22 bits per heavy atom.